The summed E-state index contributed by atoms with van der Waals surface area (Å²) in [5.41, 5.74) is 3.27. The molecule has 1 heterocycles. The average molecular weight is 397 g/mol. The van der Waals surface area contributed by atoms with E-state index in [2.05, 4.69) is 20.9 Å². The maximum atomic E-state index is 14.5. The van der Waals surface area contributed by atoms with Crippen molar-refractivity contribution in [2.75, 3.05) is 0 Å². The van der Waals surface area contributed by atoms with Crippen molar-refractivity contribution >= 4 is 15.9 Å². The van der Waals surface area contributed by atoms with Crippen molar-refractivity contribution in [3.8, 4) is 28.5 Å². The van der Waals surface area contributed by atoms with Gasteiger partial charge in [-0.15, -0.1) is 0 Å². The Hall–Kier alpha value is -2.71. The Morgan fingerprint density at radius 1 is 1.08 bits per heavy atom. The number of nitrogens with zero attached hydrogens (tertiary/aromatic N) is 1. The number of hydrogen-bond donors (Lipinski definition) is 1. The highest BCUT2D eigenvalue weighted by molar-refractivity contribution is 9.10. The van der Waals surface area contributed by atoms with Gasteiger partial charge >= 0.3 is 0 Å². The smallest absolute Gasteiger partial charge is 0.266 e. The summed E-state index contributed by atoms with van der Waals surface area (Å²) in [7, 11) is 0. The van der Waals surface area contributed by atoms with E-state index in [1.165, 1.54) is 0 Å². The molecule has 3 rings (SSSR count). The Balaban J connectivity index is 2.35. The molecule has 0 fully saturated rings. The first-order chi connectivity index (χ1) is 11.9. The lowest BCUT2D eigenvalue weighted by Crippen LogP contribution is -2.13. The molecule has 2 aromatic carbocycles. The molecule has 3 nitrogen and oxygen atoms in total. The minimum atomic E-state index is -0.532. The number of H-pyrrole nitrogens is 1. The van der Waals surface area contributed by atoms with E-state index in [9.17, 15) is 14.4 Å². The molecule has 1 aromatic heterocycles. The first kappa shape index (κ1) is 17.1. The number of nitrogens with one attached hydrogen (secondary N) is 1. The van der Waals surface area contributed by atoms with Crippen molar-refractivity contribution in [2.24, 2.45) is 0 Å². The van der Waals surface area contributed by atoms with E-state index < -0.39 is 11.4 Å². The van der Waals surface area contributed by atoms with Gasteiger partial charge in [0.05, 0.1) is 4.47 Å². The second-order valence-electron chi connectivity index (χ2n) is 5.83. The summed E-state index contributed by atoms with van der Waals surface area (Å²) in [4.78, 5) is 15.2. The molecule has 0 aliphatic carbocycles. The molecule has 0 saturated heterocycles. The van der Waals surface area contributed by atoms with Crippen LogP contribution in [0, 0.1) is 31.0 Å². The summed E-state index contributed by atoms with van der Waals surface area (Å²) < 4.78 is 14.8. The van der Waals surface area contributed by atoms with Gasteiger partial charge in [-0.05, 0) is 53.5 Å². The Labute approximate surface area is 152 Å². The zero-order valence-electron chi connectivity index (χ0n) is 13.7. The van der Waals surface area contributed by atoms with Gasteiger partial charge in [-0.3, -0.25) is 4.79 Å². The summed E-state index contributed by atoms with van der Waals surface area (Å²) >= 11 is 3.15. The Kier molecular flexibility index (Phi) is 4.56. The molecule has 0 atom stereocenters. The molecule has 0 radical (unpaired) electrons. The monoisotopic (exact) mass is 396 g/mol. The molecule has 0 aliphatic heterocycles. The number of rotatable bonds is 2. The van der Waals surface area contributed by atoms with E-state index in [0.29, 0.717) is 5.69 Å². The number of benzene rings is 2. The summed E-state index contributed by atoms with van der Waals surface area (Å²) in [6.07, 6.45) is 0. The quantitative estimate of drug-likeness (QED) is 0.654. The zero-order chi connectivity index (χ0) is 18.1. The third-order valence-electron chi connectivity index (χ3n) is 4.07. The molecular weight excluding hydrogens is 383 g/mol. The summed E-state index contributed by atoms with van der Waals surface area (Å²) in [5.74, 6) is -0.503. The lowest BCUT2D eigenvalue weighted by atomic mass is 9.96. The number of aromatic nitrogens is 1. The number of aromatic amines is 1. The standard InChI is InChI=1S/C20H14BrFN2O/c1-11-6-7-12(2)14(8-11)18-9-15(16(10-23)20(25)24-18)13-4-3-5-17(21)19(13)22/h3-9H,1-2H3,(H,24,25). The minimum absolute atomic E-state index is 0.106. The number of halogens is 2. The van der Waals surface area contributed by atoms with Crippen LogP contribution in [-0.4, -0.2) is 4.98 Å². The van der Waals surface area contributed by atoms with Crippen molar-refractivity contribution in [3.05, 3.63) is 79.8 Å². The second-order valence-corrected chi connectivity index (χ2v) is 6.69. The molecule has 0 amide bonds. The zero-order valence-corrected chi connectivity index (χ0v) is 15.2. The van der Waals surface area contributed by atoms with Crippen molar-refractivity contribution in [1.29, 1.82) is 5.26 Å². The molecule has 25 heavy (non-hydrogen) atoms. The number of nitriles is 1. The molecule has 5 heteroatoms. The second kappa shape index (κ2) is 6.66. The van der Waals surface area contributed by atoms with Crippen molar-refractivity contribution < 1.29 is 4.39 Å². The van der Waals surface area contributed by atoms with Gasteiger partial charge in [0.1, 0.15) is 17.4 Å². The predicted molar refractivity (Wildman–Crippen MR) is 99.8 cm³/mol. The fourth-order valence-electron chi connectivity index (χ4n) is 2.77. The van der Waals surface area contributed by atoms with Crippen LogP contribution in [0.25, 0.3) is 22.4 Å². The first-order valence-corrected chi connectivity index (χ1v) is 8.41. The molecule has 0 saturated carbocycles. The van der Waals surface area contributed by atoms with Gasteiger partial charge in [0, 0.05) is 22.4 Å². The van der Waals surface area contributed by atoms with Crippen LogP contribution in [0.15, 0.2) is 51.7 Å². The molecule has 0 bridgehead atoms. The Morgan fingerprint density at radius 2 is 1.84 bits per heavy atom. The molecule has 0 spiro atoms. The van der Waals surface area contributed by atoms with Gasteiger partial charge in [-0.2, -0.15) is 5.26 Å². The van der Waals surface area contributed by atoms with E-state index in [4.69, 9.17) is 0 Å². The van der Waals surface area contributed by atoms with Crippen LogP contribution < -0.4 is 5.56 Å². The van der Waals surface area contributed by atoms with E-state index in [-0.39, 0.29) is 21.2 Å². The lowest BCUT2D eigenvalue weighted by Gasteiger charge is -2.12. The lowest BCUT2D eigenvalue weighted by molar-refractivity contribution is 0.624. The third kappa shape index (κ3) is 3.13. The molecule has 1 N–H and O–H groups in total. The van der Waals surface area contributed by atoms with Crippen LogP contribution in [0.5, 0.6) is 0 Å². The maximum absolute atomic E-state index is 14.5. The predicted octanol–water partition coefficient (Wildman–Crippen LogP) is 5.10. The number of aryl methyl sites for hydroxylation is 2. The van der Waals surface area contributed by atoms with E-state index >= 15 is 0 Å². The molecule has 124 valence electrons. The van der Waals surface area contributed by atoms with Crippen LogP contribution in [0.4, 0.5) is 4.39 Å². The van der Waals surface area contributed by atoms with E-state index in [0.717, 1.165) is 16.7 Å². The van der Waals surface area contributed by atoms with Crippen LogP contribution in [-0.2, 0) is 0 Å². The fourth-order valence-corrected chi connectivity index (χ4v) is 3.13. The highest BCUT2D eigenvalue weighted by Gasteiger charge is 2.17. The van der Waals surface area contributed by atoms with Crippen LogP contribution in [0.1, 0.15) is 16.7 Å². The summed E-state index contributed by atoms with van der Waals surface area (Å²) in [6, 6.07) is 14.2. The fraction of sp³-hybridized carbons (Fsp3) is 0.100. The van der Waals surface area contributed by atoms with Gasteiger partial charge < -0.3 is 4.98 Å². The van der Waals surface area contributed by atoms with E-state index in [1.807, 2.05) is 38.1 Å². The average Bonchev–Trinajstić information content (AvgIpc) is 2.59. The van der Waals surface area contributed by atoms with Crippen molar-refractivity contribution in [1.82, 2.24) is 4.98 Å². The van der Waals surface area contributed by atoms with E-state index in [1.54, 1.807) is 24.3 Å². The highest BCUT2D eigenvalue weighted by Crippen LogP contribution is 2.32. The maximum Gasteiger partial charge on any atom is 0.266 e. The Morgan fingerprint density at radius 3 is 2.56 bits per heavy atom. The third-order valence-corrected chi connectivity index (χ3v) is 4.68. The van der Waals surface area contributed by atoms with Crippen LogP contribution in [0.3, 0.4) is 0 Å². The largest absolute Gasteiger partial charge is 0.321 e. The molecule has 0 aliphatic rings. The molecule has 0 unspecified atom stereocenters. The Bertz CT molecular complexity index is 1080. The normalized spacial score (nSPS) is 10.5. The van der Waals surface area contributed by atoms with Crippen molar-refractivity contribution in [2.45, 2.75) is 13.8 Å². The molecular formula is C20H14BrFN2O. The topological polar surface area (TPSA) is 56.6 Å². The van der Waals surface area contributed by atoms with Crippen molar-refractivity contribution in [3.63, 3.8) is 0 Å². The van der Waals surface area contributed by atoms with Crippen LogP contribution in [0.2, 0.25) is 0 Å². The molecule has 3 aromatic rings. The number of hydrogen-bond acceptors (Lipinski definition) is 2. The minimum Gasteiger partial charge on any atom is -0.321 e. The van der Waals surface area contributed by atoms with Crippen LogP contribution >= 0.6 is 15.9 Å². The summed E-state index contributed by atoms with van der Waals surface area (Å²) in [5, 5.41) is 9.38. The highest BCUT2D eigenvalue weighted by atomic mass is 79.9. The SMILES string of the molecule is Cc1ccc(C)c(-c2cc(-c3cccc(Br)c3F)c(C#N)c(=O)[nH]2)c1. The van der Waals surface area contributed by atoms with Gasteiger partial charge in [0.25, 0.3) is 5.56 Å². The number of pyridine rings is 1. The first-order valence-electron chi connectivity index (χ1n) is 7.62. The summed E-state index contributed by atoms with van der Waals surface area (Å²) in [6.45, 7) is 3.89. The van der Waals surface area contributed by atoms with Gasteiger partial charge in [0.15, 0.2) is 0 Å². The van der Waals surface area contributed by atoms with Gasteiger partial charge in [-0.25, -0.2) is 4.39 Å². The van der Waals surface area contributed by atoms with Gasteiger partial charge in [0.2, 0.25) is 0 Å². The van der Waals surface area contributed by atoms with Gasteiger partial charge in [-0.1, -0.05) is 29.8 Å².